The van der Waals surface area contributed by atoms with Crippen molar-refractivity contribution < 1.29 is 28.7 Å². The lowest BCUT2D eigenvalue weighted by Crippen LogP contribution is -2.26. The number of nitrogens with one attached hydrogen (secondary N) is 1. The van der Waals surface area contributed by atoms with Crippen LogP contribution in [0.3, 0.4) is 0 Å². The molecule has 0 fully saturated rings. The molecule has 0 saturated carbocycles. The molecule has 1 unspecified atom stereocenters. The van der Waals surface area contributed by atoms with Gasteiger partial charge in [0, 0.05) is 24.5 Å². The lowest BCUT2D eigenvalue weighted by atomic mass is 10.1. The molecule has 0 bridgehead atoms. The van der Waals surface area contributed by atoms with Crippen LogP contribution >= 0.6 is 11.6 Å². The number of alkyl halides is 1. The second kappa shape index (κ2) is 8.36. The average Bonchev–Trinajstić information content (AvgIpc) is 3.26. The lowest BCUT2D eigenvalue weighted by molar-refractivity contribution is -0.120. The van der Waals surface area contributed by atoms with Crippen molar-refractivity contribution in [1.82, 2.24) is 9.72 Å². The molecule has 8 nitrogen and oxygen atoms in total. The maximum atomic E-state index is 14.5. The van der Waals surface area contributed by atoms with Gasteiger partial charge in [0.25, 0.3) is 5.91 Å². The highest BCUT2D eigenvalue weighted by Crippen LogP contribution is 2.32. The normalized spacial score (nSPS) is 12.0. The minimum absolute atomic E-state index is 0.000416. The minimum atomic E-state index is -2.04. The van der Waals surface area contributed by atoms with Gasteiger partial charge in [-0.15, -0.1) is 0 Å². The summed E-state index contributed by atoms with van der Waals surface area (Å²) in [5.41, 5.74) is 0.664. The quantitative estimate of drug-likeness (QED) is 0.535. The number of aromatic nitrogens is 2. The summed E-state index contributed by atoms with van der Waals surface area (Å²) >= 11 is 6.20. The first-order valence-corrected chi connectivity index (χ1v) is 8.99. The molecule has 10 heteroatoms. The van der Waals surface area contributed by atoms with Crippen molar-refractivity contribution in [3.8, 4) is 17.0 Å². The molecule has 3 N–H and O–H groups in total. The van der Waals surface area contributed by atoms with Crippen LogP contribution in [0.2, 0.25) is 5.02 Å². The van der Waals surface area contributed by atoms with Crippen LogP contribution in [0.4, 0.5) is 10.1 Å². The van der Waals surface area contributed by atoms with Gasteiger partial charge in [-0.05, 0) is 31.2 Å². The highest BCUT2D eigenvalue weighted by atomic mass is 35.5. The molecular formula is C19H17ClFN3O5. The van der Waals surface area contributed by atoms with Gasteiger partial charge in [0.05, 0.1) is 12.1 Å². The van der Waals surface area contributed by atoms with E-state index in [1.54, 1.807) is 23.6 Å². The maximum Gasteiger partial charge on any atom is 0.339 e. The molecule has 2 heterocycles. The molecule has 29 heavy (non-hydrogen) atoms. The van der Waals surface area contributed by atoms with E-state index in [0.29, 0.717) is 12.1 Å². The van der Waals surface area contributed by atoms with Gasteiger partial charge in [0.15, 0.2) is 11.9 Å². The zero-order valence-corrected chi connectivity index (χ0v) is 16.0. The van der Waals surface area contributed by atoms with Gasteiger partial charge in [0.1, 0.15) is 22.0 Å². The number of carbonyl (C=O) groups excluding carboxylic acids is 1. The van der Waals surface area contributed by atoms with Gasteiger partial charge in [-0.2, -0.15) is 0 Å². The summed E-state index contributed by atoms with van der Waals surface area (Å²) < 4.78 is 21.1. The second-order valence-electron chi connectivity index (χ2n) is 6.20. The van der Waals surface area contributed by atoms with Crippen LogP contribution in [0.5, 0.6) is 5.75 Å². The summed E-state index contributed by atoms with van der Waals surface area (Å²) in [5, 5.41) is 24.7. The van der Waals surface area contributed by atoms with Crippen molar-refractivity contribution in [3.63, 3.8) is 0 Å². The average molecular weight is 422 g/mol. The van der Waals surface area contributed by atoms with Crippen molar-refractivity contribution in [3.05, 3.63) is 53.0 Å². The number of rotatable bonds is 7. The molecular weight excluding hydrogens is 405 g/mol. The molecule has 0 saturated heterocycles. The minimum Gasteiger partial charge on any atom is -0.508 e. The van der Waals surface area contributed by atoms with E-state index in [1.807, 2.05) is 0 Å². The first-order chi connectivity index (χ1) is 13.8. The summed E-state index contributed by atoms with van der Waals surface area (Å²) in [6.07, 6.45) is 0.243. The standard InChI is InChI=1S/C19H17ClFN3O5/c1-2-24-8-12(19(27)28)14(9-24)22-18(26)13(21)7-15-16(20)17(23-29-15)10-3-5-11(25)6-4-10/h3-6,8-9,13,25H,2,7H2,1H3,(H,22,26)(H,27,28). The van der Waals surface area contributed by atoms with Gasteiger partial charge in [-0.3, -0.25) is 4.79 Å². The number of nitrogens with zero attached hydrogens (tertiary/aromatic N) is 2. The number of carbonyl (C=O) groups is 2. The number of carboxylic acids is 1. The molecule has 0 aliphatic carbocycles. The number of benzene rings is 1. The van der Waals surface area contributed by atoms with E-state index < -0.39 is 24.5 Å². The van der Waals surface area contributed by atoms with Crippen LogP contribution in [-0.2, 0) is 17.8 Å². The fourth-order valence-electron chi connectivity index (χ4n) is 2.67. The van der Waals surface area contributed by atoms with Gasteiger partial charge >= 0.3 is 5.97 Å². The molecule has 3 rings (SSSR count). The molecule has 1 amide bonds. The number of hydrogen-bond donors (Lipinski definition) is 3. The number of amides is 1. The number of aromatic hydroxyl groups is 1. The van der Waals surface area contributed by atoms with Crippen LogP contribution in [0.1, 0.15) is 23.0 Å². The Morgan fingerprint density at radius 2 is 2.00 bits per heavy atom. The van der Waals surface area contributed by atoms with Crippen LogP contribution in [-0.4, -0.2) is 38.0 Å². The molecule has 3 aromatic rings. The number of halogens is 2. The van der Waals surface area contributed by atoms with Crippen LogP contribution in [0.15, 0.2) is 41.2 Å². The van der Waals surface area contributed by atoms with Crippen LogP contribution in [0.25, 0.3) is 11.3 Å². The Morgan fingerprint density at radius 3 is 2.62 bits per heavy atom. The lowest BCUT2D eigenvalue weighted by Gasteiger charge is -2.08. The zero-order valence-electron chi connectivity index (χ0n) is 15.2. The van der Waals surface area contributed by atoms with E-state index in [1.165, 1.54) is 24.5 Å². The first-order valence-electron chi connectivity index (χ1n) is 8.61. The molecule has 0 aliphatic heterocycles. The Labute approximate surface area is 169 Å². The highest BCUT2D eigenvalue weighted by Gasteiger charge is 2.26. The Bertz CT molecular complexity index is 1040. The van der Waals surface area contributed by atoms with E-state index in [-0.39, 0.29) is 33.5 Å². The van der Waals surface area contributed by atoms with Gasteiger partial charge in [-0.25, -0.2) is 9.18 Å². The van der Waals surface area contributed by atoms with Crippen molar-refractivity contribution >= 4 is 29.2 Å². The first kappa shape index (κ1) is 20.4. The second-order valence-corrected chi connectivity index (χ2v) is 6.58. The summed E-state index contributed by atoms with van der Waals surface area (Å²) in [6.45, 7) is 2.29. The monoisotopic (exact) mass is 421 g/mol. The molecule has 0 aliphatic rings. The Balaban J connectivity index is 1.73. The predicted molar refractivity (Wildman–Crippen MR) is 103 cm³/mol. The van der Waals surface area contributed by atoms with Crippen molar-refractivity contribution in [1.29, 1.82) is 0 Å². The number of anilines is 1. The predicted octanol–water partition coefficient (Wildman–Crippen LogP) is 3.74. The Hall–Kier alpha value is -3.33. The fraction of sp³-hybridized carbons (Fsp3) is 0.211. The van der Waals surface area contributed by atoms with Crippen LogP contribution in [0, 0.1) is 0 Å². The molecule has 2 aromatic heterocycles. The smallest absolute Gasteiger partial charge is 0.339 e. The summed E-state index contributed by atoms with van der Waals surface area (Å²) in [7, 11) is 0. The number of hydrogen-bond acceptors (Lipinski definition) is 5. The molecule has 152 valence electrons. The number of aromatic carboxylic acids is 1. The summed E-state index contributed by atoms with van der Waals surface area (Å²) in [6, 6.07) is 6.00. The molecule has 0 radical (unpaired) electrons. The van der Waals surface area contributed by atoms with E-state index in [9.17, 15) is 24.2 Å². The Morgan fingerprint density at radius 1 is 1.31 bits per heavy atom. The van der Waals surface area contributed by atoms with E-state index in [2.05, 4.69) is 10.5 Å². The fourth-order valence-corrected chi connectivity index (χ4v) is 2.92. The number of aryl methyl sites for hydroxylation is 1. The topological polar surface area (TPSA) is 118 Å². The number of carboxylic acid groups (broad SMARTS) is 1. The van der Waals surface area contributed by atoms with E-state index in [4.69, 9.17) is 16.1 Å². The molecule has 0 spiro atoms. The third-order valence-electron chi connectivity index (χ3n) is 4.22. The SMILES string of the molecule is CCn1cc(NC(=O)C(F)Cc2onc(-c3ccc(O)cc3)c2Cl)c(C(=O)O)c1. The van der Waals surface area contributed by atoms with E-state index >= 15 is 0 Å². The Kier molecular flexibility index (Phi) is 5.88. The van der Waals surface area contributed by atoms with Gasteiger partial charge in [0.2, 0.25) is 0 Å². The number of phenols is 1. The van der Waals surface area contributed by atoms with Crippen LogP contribution < -0.4 is 5.32 Å². The maximum absolute atomic E-state index is 14.5. The van der Waals surface area contributed by atoms with Crippen molar-refractivity contribution in [2.75, 3.05) is 5.32 Å². The van der Waals surface area contributed by atoms with Crippen molar-refractivity contribution in [2.24, 2.45) is 0 Å². The van der Waals surface area contributed by atoms with Gasteiger partial charge < -0.3 is 24.6 Å². The number of phenolic OH excluding ortho intramolecular Hbond substituents is 1. The molecule has 1 atom stereocenters. The third kappa shape index (κ3) is 4.40. The van der Waals surface area contributed by atoms with Crippen molar-refractivity contribution in [2.45, 2.75) is 26.1 Å². The van der Waals surface area contributed by atoms with Gasteiger partial charge in [-0.1, -0.05) is 16.8 Å². The summed E-state index contributed by atoms with van der Waals surface area (Å²) in [4.78, 5) is 23.5. The molecule has 1 aromatic carbocycles. The van der Waals surface area contributed by atoms with E-state index in [0.717, 1.165) is 0 Å². The summed E-state index contributed by atoms with van der Waals surface area (Å²) in [5.74, 6) is -2.23. The largest absolute Gasteiger partial charge is 0.508 e. The third-order valence-corrected chi connectivity index (χ3v) is 4.61. The highest BCUT2D eigenvalue weighted by molar-refractivity contribution is 6.33. The zero-order chi connectivity index (χ0) is 21.1.